The maximum absolute atomic E-state index is 12.5. The van der Waals surface area contributed by atoms with Crippen molar-refractivity contribution in [1.29, 1.82) is 5.41 Å². The number of esters is 1. The molecule has 8 nitrogen and oxygen atoms in total. The van der Waals surface area contributed by atoms with E-state index in [4.69, 9.17) is 10.1 Å². The predicted molar refractivity (Wildman–Crippen MR) is 90.3 cm³/mol. The largest absolute Gasteiger partial charge is 0.467 e. The first-order valence-electron chi connectivity index (χ1n) is 8.44. The van der Waals surface area contributed by atoms with Crippen LogP contribution in [-0.2, 0) is 14.3 Å². The smallest absolute Gasteiger partial charge is 0.332 e. The predicted octanol–water partition coefficient (Wildman–Crippen LogP) is 0.638. The summed E-state index contributed by atoms with van der Waals surface area (Å²) >= 11 is 0. The van der Waals surface area contributed by atoms with Crippen molar-refractivity contribution in [2.45, 2.75) is 49.8 Å². The quantitative estimate of drug-likeness (QED) is 0.195. The summed E-state index contributed by atoms with van der Waals surface area (Å²) < 4.78 is 4.84. The third-order valence-electron chi connectivity index (χ3n) is 4.72. The van der Waals surface area contributed by atoms with Crippen molar-refractivity contribution in [2.75, 3.05) is 13.7 Å². The van der Waals surface area contributed by atoms with Crippen LogP contribution in [0.1, 0.15) is 32.1 Å². The number of urea groups is 1. The number of allylic oxidation sites excluding steroid dienone is 1. The standard InChI is InChI=1S/C17H25N3O5/c1-25-15(23)17(9-12(17)6-4-2-3-5-7-18)19-16(24)20-10-14(22)8-13(20)11-21/h4,6-7,11-14,18,22H,2-3,5,8-10H2,1H3,(H,19,24)/b6-4-,18-7?/t12-,13+,14-,17-/m1/s1. The average Bonchev–Trinajstić information content (AvgIpc) is 3.15. The van der Waals surface area contributed by atoms with Gasteiger partial charge in [0.25, 0.3) is 0 Å². The fourth-order valence-corrected chi connectivity index (χ4v) is 3.20. The van der Waals surface area contributed by atoms with Crippen LogP contribution in [0.5, 0.6) is 0 Å². The zero-order valence-electron chi connectivity index (χ0n) is 14.3. The van der Waals surface area contributed by atoms with Crippen molar-refractivity contribution in [3.8, 4) is 0 Å². The number of aldehydes is 1. The fourth-order valence-electron chi connectivity index (χ4n) is 3.20. The third-order valence-corrected chi connectivity index (χ3v) is 4.72. The number of ether oxygens (including phenoxy) is 1. The number of unbranched alkanes of at least 4 members (excludes halogenated alkanes) is 2. The van der Waals surface area contributed by atoms with Crippen LogP contribution in [-0.4, -0.2) is 65.8 Å². The van der Waals surface area contributed by atoms with E-state index in [2.05, 4.69) is 5.32 Å². The summed E-state index contributed by atoms with van der Waals surface area (Å²) in [5.74, 6) is -0.677. The number of likely N-dealkylation sites (tertiary alicyclic amines) is 1. The summed E-state index contributed by atoms with van der Waals surface area (Å²) in [6.45, 7) is 0.0661. The van der Waals surface area contributed by atoms with E-state index in [0.29, 0.717) is 19.1 Å². The van der Waals surface area contributed by atoms with E-state index >= 15 is 0 Å². The molecule has 0 aromatic carbocycles. The van der Waals surface area contributed by atoms with E-state index in [9.17, 15) is 19.5 Å². The van der Waals surface area contributed by atoms with Gasteiger partial charge in [0.05, 0.1) is 19.3 Å². The molecule has 2 aliphatic rings. The second-order valence-corrected chi connectivity index (χ2v) is 6.51. The molecular weight excluding hydrogens is 326 g/mol. The summed E-state index contributed by atoms with van der Waals surface area (Å²) in [7, 11) is 1.27. The molecule has 0 bridgehead atoms. The van der Waals surface area contributed by atoms with Crippen LogP contribution < -0.4 is 5.32 Å². The van der Waals surface area contributed by atoms with E-state index in [1.54, 1.807) is 0 Å². The summed E-state index contributed by atoms with van der Waals surface area (Å²) in [5.41, 5.74) is -1.11. The van der Waals surface area contributed by atoms with Gasteiger partial charge in [0, 0.05) is 18.9 Å². The lowest BCUT2D eigenvalue weighted by Gasteiger charge is -2.24. The summed E-state index contributed by atoms with van der Waals surface area (Å²) in [6, 6.07) is -1.22. The first kappa shape index (κ1) is 19.1. The minimum atomic E-state index is -1.11. The van der Waals surface area contributed by atoms with Crippen LogP contribution in [0.4, 0.5) is 4.79 Å². The van der Waals surface area contributed by atoms with Crippen LogP contribution >= 0.6 is 0 Å². The number of methoxy groups -OCH3 is 1. The van der Waals surface area contributed by atoms with Gasteiger partial charge in [-0.2, -0.15) is 0 Å². The molecule has 0 aromatic heterocycles. The molecule has 2 fully saturated rings. The normalized spacial score (nSPS) is 31.0. The number of carbonyl (C=O) groups excluding carboxylic acids is 3. The van der Waals surface area contributed by atoms with Crippen molar-refractivity contribution in [2.24, 2.45) is 5.92 Å². The highest BCUT2D eigenvalue weighted by atomic mass is 16.5. The zero-order valence-corrected chi connectivity index (χ0v) is 14.3. The molecule has 8 heteroatoms. The monoisotopic (exact) mass is 351 g/mol. The van der Waals surface area contributed by atoms with Crippen LogP contribution in [0.3, 0.4) is 0 Å². The van der Waals surface area contributed by atoms with E-state index in [1.165, 1.54) is 18.2 Å². The van der Waals surface area contributed by atoms with Gasteiger partial charge in [-0.05, 0) is 31.9 Å². The Balaban J connectivity index is 2.00. The number of hydrogen-bond donors (Lipinski definition) is 3. The molecule has 1 heterocycles. The van der Waals surface area contributed by atoms with E-state index in [0.717, 1.165) is 12.8 Å². The number of carbonyl (C=O) groups is 3. The molecule has 0 spiro atoms. The van der Waals surface area contributed by atoms with Gasteiger partial charge in [0.15, 0.2) is 0 Å². The summed E-state index contributed by atoms with van der Waals surface area (Å²) in [6.07, 6.45) is 8.09. The molecule has 0 aromatic rings. The average molecular weight is 351 g/mol. The summed E-state index contributed by atoms with van der Waals surface area (Å²) in [4.78, 5) is 37.0. The number of aliphatic hydroxyl groups is 1. The van der Waals surface area contributed by atoms with Crippen LogP contribution in [0, 0.1) is 11.3 Å². The lowest BCUT2D eigenvalue weighted by molar-refractivity contribution is -0.144. The molecule has 4 atom stereocenters. The molecule has 1 saturated carbocycles. The molecule has 3 N–H and O–H groups in total. The molecule has 1 saturated heterocycles. The van der Waals surface area contributed by atoms with E-state index < -0.39 is 29.7 Å². The summed E-state index contributed by atoms with van der Waals surface area (Å²) in [5, 5.41) is 19.3. The van der Waals surface area contributed by atoms with Gasteiger partial charge >= 0.3 is 12.0 Å². The van der Waals surface area contributed by atoms with Crippen LogP contribution in [0.15, 0.2) is 12.2 Å². The van der Waals surface area contributed by atoms with Gasteiger partial charge in [0.1, 0.15) is 11.8 Å². The van der Waals surface area contributed by atoms with Crippen molar-refractivity contribution in [1.82, 2.24) is 10.2 Å². The molecule has 25 heavy (non-hydrogen) atoms. The third kappa shape index (κ3) is 4.25. The second-order valence-electron chi connectivity index (χ2n) is 6.51. The Morgan fingerprint density at radius 3 is 2.84 bits per heavy atom. The van der Waals surface area contributed by atoms with Crippen molar-refractivity contribution < 1.29 is 24.2 Å². The molecule has 0 unspecified atom stereocenters. The maximum atomic E-state index is 12.5. The number of β-amino-alcohol motifs (C(OH)–C–C–N with tert-alkyl or cyclic N) is 1. The first-order valence-corrected chi connectivity index (χ1v) is 8.44. The molecule has 2 rings (SSSR count). The number of aliphatic hydroxyl groups excluding tert-OH is 1. The molecular formula is C17H25N3O5. The highest BCUT2D eigenvalue weighted by Gasteiger charge is 2.61. The van der Waals surface area contributed by atoms with E-state index in [-0.39, 0.29) is 18.9 Å². The second kappa shape index (κ2) is 8.24. The highest BCUT2D eigenvalue weighted by molar-refractivity contribution is 5.92. The van der Waals surface area contributed by atoms with Crippen molar-refractivity contribution in [3.63, 3.8) is 0 Å². The molecule has 1 aliphatic carbocycles. The Morgan fingerprint density at radius 1 is 1.44 bits per heavy atom. The molecule has 2 amide bonds. The zero-order chi connectivity index (χ0) is 18.4. The Kier molecular flexibility index (Phi) is 6.30. The van der Waals surface area contributed by atoms with Gasteiger partial charge in [0.2, 0.25) is 0 Å². The van der Waals surface area contributed by atoms with Crippen molar-refractivity contribution >= 4 is 24.5 Å². The Labute approximate surface area is 146 Å². The van der Waals surface area contributed by atoms with Crippen LogP contribution in [0.25, 0.3) is 0 Å². The van der Waals surface area contributed by atoms with Gasteiger partial charge < -0.3 is 30.3 Å². The minimum absolute atomic E-state index is 0.0661. The van der Waals surface area contributed by atoms with Gasteiger partial charge in [-0.15, -0.1) is 0 Å². The SMILES string of the molecule is COC(=O)[C@@]1(NC(=O)N2C[C@H](O)C[C@H]2C=O)C[C@H]1/C=C\CCCC=N. The lowest BCUT2D eigenvalue weighted by atomic mass is 10.1. The highest BCUT2D eigenvalue weighted by Crippen LogP contribution is 2.46. The van der Waals surface area contributed by atoms with Gasteiger partial charge in [-0.25, -0.2) is 9.59 Å². The Bertz CT molecular complexity index is 564. The first-order chi connectivity index (χ1) is 12.0. The number of amides is 2. The topological polar surface area (TPSA) is 120 Å². The fraction of sp³-hybridized carbons (Fsp3) is 0.647. The van der Waals surface area contributed by atoms with Crippen LogP contribution in [0.2, 0.25) is 0 Å². The number of nitrogens with one attached hydrogen (secondary N) is 2. The number of rotatable bonds is 8. The Morgan fingerprint density at radius 2 is 2.20 bits per heavy atom. The number of hydrogen-bond acceptors (Lipinski definition) is 6. The van der Waals surface area contributed by atoms with Gasteiger partial charge in [-0.3, -0.25) is 0 Å². The maximum Gasteiger partial charge on any atom is 0.332 e. The van der Waals surface area contributed by atoms with Crippen molar-refractivity contribution in [3.05, 3.63) is 12.2 Å². The lowest BCUT2D eigenvalue weighted by Crippen LogP contribution is -2.52. The molecule has 0 radical (unpaired) electrons. The number of nitrogens with zero attached hydrogens (tertiary/aromatic N) is 1. The Hall–Kier alpha value is -2.22. The molecule has 138 valence electrons. The van der Waals surface area contributed by atoms with Gasteiger partial charge in [-0.1, -0.05) is 12.2 Å². The minimum Gasteiger partial charge on any atom is -0.467 e. The molecule has 1 aliphatic heterocycles. The van der Waals surface area contributed by atoms with E-state index in [1.807, 2.05) is 12.2 Å².